The smallest absolute Gasteiger partial charge is 0.343 e. The van der Waals surface area contributed by atoms with Crippen molar-refractivity contribution in [2.24, 2.45) is 0 Å². The number of benzene rings is 2. The number of imide groups is 1. The molecule has 0 aliphatic carbocycles. The Kier molecular flexibility index (Phi) is 9.19. The van der Waals surface area contributed by atoms with Crippen LogP contribution in [0.5, 0.6) is 11.5 Å². The Morgan fingerprint density at radius 1 is 1.14 bits per heavy atom. The first-order chi connectivity index (χ1) is 16.7. The van der Waals surface area contributed by atoms with Crippen LogP contribution in [0.25, 0.3) is 6.08 Å². The maximum atomic E-state index is 12.8. The molecule has 0 saturated carbocycles. The van der Waals surface area contributed by atoms with Crippen LogP contribution in [-0.2, 0) is 19.1 Å². The number of carbonyl (C=O) groups excluding carboxylic acids is 4. The topological polar surface area (TPSA) is 111 Å². The summed E-state index contributed by atoms with van der Waals surface area (Å²) in [7, 11) is 1.26. The van der Waals surface area contributed by atoms with Gasteiger partial charge in [0.25, 0.3) is 11.1 Å². The van der Waals surface area contributed by atoms with Gasteiger partial charge in [-0.15, -0.1) is 0 Å². The second kappa shape index (κ2) is 12.1. The molecule has 0 radical (unpaired) electrons. The van der Waals surface area contributed by atoms with E-state index in [1.807, 2.05) is 0 Å². The molecule has 0 spiro atoms. The molecular formula is C23H20BrClN2O7S. The lowest BCUT2D eigenvalue weighted by molar-refractivity contribution is -0.143. The van der Waals surface area contributed by atoms with Gasteiger partial charge in [-0.2, -0.15) is 0 Å². The summed E-state index contributed by atoms with van der Waals surface area (Å²) in [5, 5.41) is 2.46. The third-order valence-corrected chi connectivity index (χ3v) is 6.66. The number of anilines is 1. The Hall–Kier alpha value is -3.02. The highest BCUT2D eigenvalue weighted by Crippen LogP contribution is 2.35. The molecule has 35 heavy (non-hydrogen) atoms. The zero-order chi connectivity index (χ0) is 25.5. The summed E-state index contributed by atoms with van der Waals surface area (Å²) in [6.07, 6.45) is 1.52. The SMILES string of the molecule is CCOc1cc(/C=C2/SC(=O)N(CC(=O)Nc3ccc(Br)c(Cl)c3)C2=O)ccc1OCC(=O)OC. The third-order valence-electron chi connectivity index (χ3n) is 4.52. The van der Waals surface area contributed by atoms with Crippen LogP contribution in [0, 0.1) is 0 Å². The van der Waals surface area contributed by atoms with Crippen molar-refractivity contribution in [3.8, 4) is 11.5 Å². The van der Waals surface area contributed by atoms with E-state index in [1.165, 1.54) is 13.2 Å². The van der Waals surface area contributed by atoms with Crippen molar-refractivity contribution in [1.29, 1.82) is 0 Å². The van der Waals surface area contributed by atoms with Crippen molar-refractivity contribution in [2.75, 3.05) is 32.2 Å². The van der Waals surface area contributed by atoms with Crippen molar-refractivity contribution >= 4 is 74.1 Å². The molecule has 1 N–H and O–H groups in total. The summed E-state index contributed by atoms with van der Waals surface area (Å²) in [6.45, 7) is 1.39. The van der Waals surface area contributed by atoms with E-state index >= 15 is 0 Å². The van der Waals surface area contributed by atoms with Gasteiger partial charge in [-0.05, 0) is 76.6 Å². The Bertz CT molecular complexity index is 1200. The number of rotatable bonds is 9. The summed E-state index contributed by atoms with van der Waals surface area (Å²) >= 11 is 10.0. The zero-order valence-electron chi connectivity index (χ0n) is 18.6. The molecule has 3 amide bonds. The Labute approximate surface area is 218 Å². The van der Waals surface area contributed by atoms with Gasteiger partial charge in [-0.25, -0.2) is 4.79 Å². The van der Waals surface area contributed by atoms with Crippen molar-refractivity contribution in [1.82, 2.24) is 4.90 Å². The van der Waals surface area contributed by atoms with Gasteiger partial charge in [0, 0.05) is 10.2 Å². The molecule has 1 aliphatic rings. The number of nitrogens with zero attached hydrogens (tertiary/aromatic N) is 1. The molecule has 0 aromatic heterocycles. The van der Waals surface area contributed by atoms with E-state index < -0.39 is 29.6 Å². The molecule has 2 aromatic carbocycles. The molecular weight excluding hydrogens is 564 g/mol. The quantitative estimate of drug-likeness (QED) is 0.333. The number of halogens is 2. The van der Waals surface area contributed by atoms with Crippen LogP contribution in [0.1, 0.15) is 12.5 Å². The fraction of sp³-hybridized carbons (Fsp3) is 0.217. The first-order valence-electron chi connectivity index (χ1n) is 10.2. The van der Waals surface area contributed by atoms with Crippen molar-refractivity contribution in [3.63, 3.8) is 0 Å². The summed E-state index contributed by atoms with van der Waals surface area (Å²) in [4.78, 5) is 50.0. The number of carbonyl (C=O) groups is 4. The molecule has 12 heteroatoms. The van der Waals surface area contributed by atoms with Gasteiger partial charge in [0.1, 0.15) is 6.54 Å². The summed E-state index contributed by atoms with van der Waals surface area (Å²) in [6, 6.07) is 9.70. The molecule has 1 saturated heterocycles. The lowest BCUT2D eigenvalue weighted by Crippen LogP contribution is -2.36. The van der Waals surface area contributed by atoms with E-state index in [0.717, 1.165) is 16.7 Å². The van der Waals surface area contributed by atoms with Gasteiger partial charge in [-0.3, -0.25) is 19.3 Å². The number of thioether (sulfide) groups is 1. The minimum atomic E-state index is -0.590. The number of nitrogens with one attached hydrogen (secondary N) is 1. The van der Waals surface area contributed by atoms with Crippen LogP contribution in [0.3, 0.4) is 0 Å². The fourth-order valence-electron chi connectivity index (χ4n) is 2.90. The van der Waals surface area contributed by atoms with Gasteiger partial charge in [-0.1, -0.05) is 17.7 Å². The van der Waals surface area contributed by atoms with Gasteiger partial charge in [0.2, 0.25) is 5.91 Å². The molecule has 0 bridgehead atoms. The summed E-state index contributed by atoms with van der Waals surface area (Å²) in [5.74, 6) is -0.993. The van der Waals surface area contributed by atoms with Crippen LogP contribution >= 0.6 is 39.3 Å². The normalized spacial score (nSPS) is 14.3. The Balaban J connectivity index is 1.71. The average molecular weight is 584 g/mol. The minimum Gasteiger partial charge on any atom is -0.490 e. The summed E-state index contributed by atoms with van der Waals surface area (Å²) in [5.41, 5.74) is 1.00. The maximum Gasteiger partial charge on any atom is 0.343 e. The van der Waals surface area contributed by atoms with Crippen molar-refractivity contribution < 1.29 is 33.4 Å². The standard InChI is InChI=1S/C23H20BrClN2O7S/c1-3-33-18-8-13(4-7-17(18)34-12-21(29)32-2)9-19-22(30)27(23(31)35-19)11-20(28)26-14-5-6-15(24)16(25)10-14/h4-10H,3,11-12H2,1-2H3,(H,26,28)/b19-9+. The average Bonchev–Trinajstić information content (AvgIpc) is 3.08. The first-order valence-corrected chi connectivity index (χ1v) is 12.2. The molecule has 9 nitrogen and oxygen atoms in total. The predicted molar refractivity (Wildman–Crippen MR) is 136 cm³/mol. The van der Waals surface area contributed by atoms with E-state index in [4.69, 9.17) is 21.1 Å². The first kappa shape index (κ1) is 26.6. The monoisotopic (exact) mass is 582 g/mol. The van der Waals surface area contributed by atoms with E-state index in [0.29, 0.717) is 38.9 Å². The van der Waals surface area contributed by atoms with Crippen molar-refractivity contribution in [2.45, 2.75) is 6.92 Å². The second-order valence-corrected chi connectivity index (χ2v) is 9.20. The molecule has 3 rings (SSSR count). The van der Waals surface area contributed by atoms with Gasteiger partial charge >= 0.3 is 5.97 Å². The number of esters is 1. The molecule has 1 heterocycles. The molecule has 0 unspecified atom stereocenters. The molecule has 2 aromatic rings. The minimum absolute atomic E-state index is 0.153. The molecule has 1 aliphatic heterocycles. The summed E-state index contributed by atoms with van der Waals surface area (Å²) < 4.78 is 16.2. The highest BCUT2D eigenvalue weighted by Gasteiger charge is 2.36. The maximum absolute atomic E-state index is 12.8. The Morgan fingerprint density at radius 2 is 1.91 bits per heavy atom. The lowest BCUT2D eigenvalue weighted by atomic mass is 10.2. The third kappa shape index (κ3) is 7.00. The highest BCUT2D eigenvalue weighted by atomic mass is 79.9. The van der Waals surface area contributed by atoms with Crippen LogP contribution in [-0.4, -0.2) is 54.8 Å². The Morgan fingerprint density at radius 3 is 2.60 bits per heavy atom. The lowest BCUT2D eigenvalue weighted by Gasteiger charge is -2.13. The number of amides is 3. The number of hydrogen-bond acceptors (Lipinski definition) is 8. The molecule has 1 fully saturated rings. The highest BCUT2D eigenvalue weighted by molar-refractivity contribution is 9.10. The van der Waals surface area contributed by atoms with E-state index in [1.54, 1.807) is 43.3 Å². The van der Waals surface area contributed by atoms with Crippen LogP contribution in [0.15, 0.2) is 45.8 Å². The fourth-order valence-corrected chi connectivity index (χ4v) is 4.17. The van der Waals surface area contributed by atoms with Crippen LogP contribution in [0.2, 0.25) is 5.02 Å². The number of methoxy groups -OCH3 is 1. The van der Waals surface area contributed by atoms with Crippen LogP contribution < -0.4 is 14.8 Å². The van der Waals surface area contributed by atoms with E-state index in [9.17, 15) is 19.2 Å². The van der Waals surface area contributed by atoms with Crippen molar-refractivity contribution in [3.05, 3.63) is 56.4 Å². The zero-order valence-corrected chi connectivity index (χ0v) is 21.8. The predicted octanol–water partition coefficient (Wildman–Crippen LogP) is 4.73. The van der Waals surface area contributed by atoms with E-state index in [-0.39, 0.29) is 11.5 Å². The van der Waals surface area contributed by atoms with Gasteiger partial charge in [0.15, 0.2) is 18.1 Å². The second-order valence-electron chi connectivity index (χ2n) is 6.95. The number of hydrogen-bond donors (Lipinski definition) is 1. The largest absolute Gasteiger partial charge is 0.490 e. The van der Waals surface area contributed by atoms with Crippen LogP contribution in [0.4, 0.5) is 10.5 Å². The van der Waals surface area contributed by atoms with Gasteiger partial charge in [0.05, 0.1) is 23.6 Å². The molecule has 184 valence electrons. The molecule has 0 atom stereocenters. The van der Waals surface area contributed by atoms with E-state index in [2.05, 4.69) is 26.0 Å². The number of ether oxygens (including phenoxy) is 3. The van der Waals surface area contributed by atoms with Gasteiger partial charge < -0.3 is 19.5 Å².